The van der Waals surface area contributed by atoms with Crippen LogP contribution in [-0.2, 0) is 0 Å². The molecule has 2 saturated carbocycles. The van der Waals surface area contributed by atoms with Gasteiger partial charge >= 0.3 is 0 Å². The number of nitrogens with one attached hydrogen (secondary N) is 2. The van der Waals surface area contributed by atoms with Gasteiger partial charge in [-0.2, -0.15) is 0 Å². The van der Waals surface area contributed by atoms with E-state index in [1.807, 2.05) is 0 Å². The highest BCUT2D eigenvalue weighted by atomic mass is 15.1. The largest absolute Gasteiger partial charge is 0.309 e. The molecule has 2 aliphatic heterocycles. The molecule has 0 radical (unpaired) electrons. The first-order valence-corrected chi connectivity index (χ1v) is 12.9. The number of fused-ring (bicyclic) bond motifs is 3. The summed E-state index contributed by atoms with van der Waals surface area (Å²) in [5.41, 5.74) is 0. The van der Waals surface area contributed by atoms with Crippen molar-refractivity contribution >= 4 is 0 Å². The maximum absolute atomic E-state index is 4.12. The summed E-state index contributed by atoms with van der Waals surface area (Å²) in [7, 11) is 0. The van der Waals surface area contributed by atoms with Gasteiger partial charge in [0.05, 0.1) is 0 Å². The van der Waals surface area contributed by atoms with Crippen LogP contribution in [0.3, 0.4) is 0 Å². The second-order valence-corrected chi connectivity index (χ2v) is 11.3. The standard InChI is InChI=1S/C26H44N2/c1-17-15-23(19-9-5-3-6-10-19)21-13-14-22-24(20-11-7-4-8-12-20)16-18(2)28-26(22)25(21)27-17/h13-14,17-28H,3-12,15-16H2,1-2H3. The Hall–Kier alpha value is -0.340. The van der Waals surface area contributed by atoms with Gasteiger partial charge in [-0.1, -0.05) is 76.4 Å². The second kappa shape index (κ2) is 8.42. The van der Waals surface area contributed by atoms with Crippen molar-refractivity contribution in [3.05, 3.63) is 12.2 Å². The summed E-state index contributed by atoms with van der Waals surface area (Å²) in [6.45, 7) is 4.93. The molecule has 2 heterocycles. The molecule has 5 rings (SSSR count). The van der Waals surface area contributed by atoms with E-state index in [1.165, 1.54) is 77.0 Å². The van der Waals surface area contributed by atoms with Crippen molar-refractivity contribution in [1.82, 2.24) is 10.6 Å². The number of hydrogen-bond acceptors (Lipinski definition) is 2. The summed E-state index contributed by atoms with van der Waals surface area (Å²) >= 11 is 0. The molecule has 4 fully saturated rings. The van der Waals surface area contributed by atoms with E-state index in [0.717, 1.165) is 35.5 Å². The van der Waals surface area contributed by atoms with E-state index >= 15 is 0 Å². The van der Waals surface area contributed by atoms with Gasteiger partial charge in [-0.05, 0) is 62.2 Å². The van der Waals surface area contributed by atoms with E-state index in [4.69, 9.17) is 0 Å². The maximum Gasteiger partial charge on any atom is 0.0295 e. The van der Waals surface area contributed by atoms with Crippen molar-refractivity contribution in [2.24, 2.45) is 35.5 Å². The third-order valence-electron chi connectivity index (χ3n) is 9.48. The van der Waals surface area contributed by atoms with Crippen molar-refractivity contribution in [3.63, 3.8) is 0 Å². The number of rotatable bonds is 2. The molecule has 2 heteroatoms. The van der Waals surface area contributed by atoms with Crippen LogP contribution in [-0.4, -0.2) is 24.2 Å². The lowest BCUT2D eigenvalue weighted by Gasteiger charge is -2.55. The normalized spacial score (nSPS) is 48.1. The summed E-state index contributed by atoms with van der Waals surface area (Å²) < 4.78 is 0. The van der Waals surface area contributed by atoms with E-state index < -0.39 is 0 Å². The Kier molecular flexibility index (Phi) is 5.90. The molecule has 0 aromatic heterocycles. The Morgan fingerprint density at radius 2 is 0.964 bits per heavy atom. The molecule has 0 aromatic rings. The lowest BCUT2D eigenvalue weighted by Crippen LogP contribution is -2.67. The predicted molar refractivity (Wildman–Crippen MR) is 118 cm³/mol. The van der Waals surface area contributed by atoms with Crippen molar-refractivity contribution in [2.45, 2.75) is 115 Å². The fraction of sp³-hybridized carbons (Fsp3) is 0.923. The zero-order valence-electron chi connectivity index (χ0n) is 18.4. The quantitative estimate of drug-likeness (QED) is 0.598. The van der Waals surface area contributed by atoms with Crippen LogP contribution >= 0.6 is 0 Å². The van der Waals surface area contributed by atoms with Gasteiger partial charge in [0.2, 0.25) is 0 Å². The minimum atomic E-state index is 0.666. The van der Waals surface area contributed by atoms with Gasteiger partial charge in [0.15, 0.2) is 0 Å². The van der Waals surface area contributed by atoms with Gasteiger partial charge in [0, 0.05) is 24.2 Å². The first-order valence-electron chi connectivity index (χ1n) is 12.9. The van der Waals surface area contributed by atoms with Crippen LogP contribution in [0.2, 0.25) is 0 Å². The van der Waals surface area contributed by atoms with Gasteiger partial charge in [-0.3, -0.25) is 0 Å². The molecular formula is C26H44N2. The van der Waals surface area contributed by atoms with Crippen molar-refractivity contribution in [1.29, 1.82) is 0 Å². The highest BCUT2D eigenvalue weighted by molar-refractivity contribution is 5.18. The van der Waals surface area contributed by atoms with E-state index in [0.29, 0.717) is 24.2 Å². The van der Waals surface area contributed by atoms with E-state index in [1.54, 1.807) is 0 Å². The van der Waals surface area contributed by atoms with Crippen molar-refractivity contribution < 1.29 is 0 Å². The molecule has 0 spiro atoms. The van der Waals surface area contributed by atoms with Crippen LogP contribution in [0.25, 0.3) is 0 Å². The Morgan fingerprint density at radius 3 is 1.36 bits per heavy atom. The molecule has 2 saturated heterocycles. The van der Waals surface area contributed by atoms with Crippen LogP contribution in [0.5, 0.6) is 0 Å². The summed E-state index contributed by atoms with van der Waals surface area (Å²) in [5.74, 6) is 5.36. The molecule has 2 N–H and O–H groups in total. The Morgan fingerprint density at radius 1 is 0.571 bits per heavy atom. The lowest BCUT2D eigenvalue weighted by atomic mass is 9.58. The Balaban J connectivity index is 1.40. The molecule has 8 unspecified atom stereocenters. The van der Waals surface area contributed by atoms with Gasteiger partial charge in [-0.25, -0.2) is 0 Å². The van der Waals surface area contributed by atoms with E-state index in [9.17, 15) is 0 Å². The van der Waals surface area contributed by atoms with E-state index in [2.05, 4.69) is 36.6 Å². The monoisotopic (exact) mass is 384 g/mol. The summed E-state index contributed by atoms with van der Waals surface area (Å²) in [6.07, 6.45) is 23.1. The number of hydrogen-bond donors (Lipinski definition) is 2. The van der Waals surface area contributed by atoms with Crippen LogP contribution in [0, 0.1) is 35.5 Å². The van der Waals surface area contributed by atoms with Gasteiger partial charge in [-0.15, -0.1) is 0 Å². The molecule has 0 aromatic carbocycles. The molecule has 0 amide bonds. The molecule has 8 atom stereocenters. The summed E-state index contributed by atoms with van der Waals surface area (Å²) in [6, 6.07) is 2.71. The average Bonchev–Trinajstić information content (AvgIpc) is 2.74. The minimum absolute atomic E-state index is 0.666. The topological polar surface area (TPSA) is 24.1 Å². The van der Waals surface area contributed by atoms with Crippen LogP contribution in [0.15, 0.2) is 12.2 Å². The van der Waals surface area contributed by atoms with Crippen LogP contribution in [0.1, 0.15) is 90.9 Å². The minimum Gasteiger partial charge on any atom is -0.309 e. The fourth-order valence-electron chi connectivity index (χ4n) is 8.28. The molecule has 0 bridgehead atoms. The lowest BCUT2D eigenvalue weighted by molar-refractivity contribution is 0.0301. The van der Waals surface area contributed by atoms with Crippen LogP contribution in [0.4, 0.5) is 0 Å². The van der Waals surface area contributed by atoms with Crippen LogP contribution < -0.4 is 10.6 Å². The Bertz CT molecular complexity index is 497. The smallest absolute Gasteiger partial charge is 0.0295 e. The van der Waals surface area contributed by atoms with Crippen molar-refractivity contribution in [3.8, 4) is 0 Å². The molecule has 2 nitrogen and oxygen atoms in total. The first-order chi connectivity index (χ1) is 13.7. The molecule has 158 valence electrons. The fourth-order valence-corrected chi connectivity index (χ4v) is 8.28. The van der Waals surface area contributed by atoms with Gasteiger partial charge < -0.3 is 10.6 Å². The molecule has 3 aliphatic carbocycles. The zero-order chi connectivity index (χ0) is 19.1. The summed E-state index contributed by atoms with van der Waals surface area (Å²) in [5, 5.41) is 8.23. The third kappa shape index (κ3) is 3.73. The molecular weight excluding hydrogens is 340 g/mol. The molecule has 28 heavy (non-hydrogen) atoms. The Labute approximate surface area is 173 Å². The van der Waals surface area contributed by atoms with Gasteiger partial charge in [0.25, 0.3) is 0 Å². The third-order valence-corrected chi connectivity index (χ3v) is 9.48. The van der Waals surface area contributed by atoms with Gasteiger partial charge in [0.1, 0.15) is 0 Å². The second-order valence-electron chi connectivity index (χ2n) is 11.3. The highest BCUT2D eigenvalue weighted by Crippen LogP contribution is 2.48. The number of piperidine rings is 2. The first kappa shape index (κ1) is 19.6. The summed E-state index contributed by atoms with van der Waals surface area (Å²) in [4.78, 5) is 0. The maximum atomic E-state index is 4.12. The zero-order valence-corrected chi connectivity index (χ0v) is 18.4. The average molecular weight is 385 g/mol. The van der Waals surface area contributed by atoms with Crippen molar-refractivity contribution in [2.75, 3.05) is 0 Å². The SMILES string of the molecule is CC1CC(C2CCCCC2)C2C=CC3C(C4CCCCC4)CC(C)NC3C2N1. The van der Waals surface area contributed by atoms with E-state index in [-0.39, 0.29) is 0 Å². The predicted octanol–water partition coefficient (Wildman–Crippen LogP) is 5.68. The molecule has 5 aliphatic rings. The highest BCUT2D eigenvalue weighted by Gasteiger charge is 2.50.